The van der Waals surface area contributed by atoms with Crippen LogP contribution in [0.15, 0.2) is 29.6 Å². The molecule has 1 rings (SSSR count). The number of nitrogens with zero attached hydrogens (tertiary/aromatic N) is 2. The van der Waals surface area contributed by atoms with E-state index in [9.17, 15) is 0 Å². The molecule has 0 atom stereocenters. The van der Waals surface area contributed by atoms with Crippen LogP contribution in [0.4, 0.5) is 0 Å². The summed E-state index contributed by atoms with van der Waals surface area (Å²) in [4.78, 5) is 4.15. The normalized spacial score (nSPS) is 11.9. The molecule has 1 aromatic rings. The van der Waals surface area contributed by atoms with Gasteiger partial charge in [0.05, 0.1) is 11.9 Å². The third-order valence-electron chi connectivity index (χ3n) is 2.17. The second-order valence-electron chi connectivity index (χ2n) is 4.29. The van der Waals surface area contributed by atoms with Crippen molar-refractivity contribution in [3.63, 3.8) is 0 Å². The van der Waals surface area contributed by atoms with E-state index in [0.29, 0.717) is 11.1 Å². The molecule has 0 fully saturated rings. The summed E-state index contributed by atoms with van der Waals surface area (Å²) in [7, 11) is -0.874. The first-order valence-corrected chi connectivity index (χ1v) is 7.15. The fraction of sp³-hybridized carbons (Fsp3) is 0.500. The predicted octanol–water partition coefficient (Wildman–Crippen LogP) is 3.24. The van der Waals surface area contributed by atoms with Crippen molar-refractivity contribution < 1.29 is 4.53 Å². The van der Waals surface area contributed by atoms with Crippen LogP contribution in [0.3, 0.4) is 0 Å². The number of hydrogen-bond donors (Lipinski definition) is 0. The van der Waals surface area contributed by atoms with Gasteiger partial charge in [-0.15, -0.1) is 5.16 Å². The first-order chi connectivity index (χ1) is 7.61. The van der Waals surface area contributed by atoms with Gasteiger partial charge in [-0.25, -0.2) is 0 Å². The zero-order valence-electron chi connectivity index (χ0n) is 10.3. The molecule has 16 heavy (non-hydrogen) atoms. The zero-order valence-corrected chi connectivity index (χ0v) is 11.3. The lowest BCUT2D eigenvalue weighted by Gasteiger charge is -2.18. The van der Waals surface area contributed by atoms with Crippen molar-refractivity contribution in [1.82, 2.24) is 4.98 Å². The minimum Gasteiger partial charge on any atom is -0.454 e. The second-order valence-corrected chi connectivity index (χ2v) is 7.59. The van der Waals surface area contributed by atoms with Gasteiger partial charge in [0.15, 0.2) is 0 Å². The highest BCUT2D eigenvalue weighted by atomic mass is 28.3. The summed E-state index contributed by atoms with van der Waals surface area (Å²) in [6.45, 7) is 8.74. The Balaban J connectivity index is 2.52. The van der Waals surface area contributed by atoms with E-state index in [0.717, 1.165) is 5.69 Å². The molecule has 0 spiro atoms. The Morgan fingerprint density at radius 1 is 1.25 bits per heavy atom. The highest BCUT2D eigenvalue weighted by molar-refractivity contribution is 6.54. The van der Waals surface area contributed by atoms with Crippen LogP contribution < -0.4 is 0 Å². The Labute approximate surface area is 99.3 Å². The molecule has 1 aromatic heterocycles. The van der Waals surface area contributed by atoms with Crippen molar-refractivity contribution in [3.05, 3.63) is 30.1 Å². The van der Waals surface area contributed by atoms with E-state index >= 15 is 0 Å². The van der Waals surface area contributed by atoms with Crippen molar-refractivity contribution in [3.8, 4) is 0 Å². The van der Waals surface area contributed by atoms with Gasteiger partial charge in [0.1, 0.15) is 0 Å². The second kappa shape index (κ2) is 6.43. The average molecular weight is 235 g/mol. The van der Waals surface area contributed by atoms with Gasteiger partial charge < -0.3 is 4.53 Å². The Morgan fingerprint density at radius 3 is 2.44 bits per heavy atom. The van der Waals surface area contributed by atoms with E-state index in [-0.39, 0.29) is 0 Å². The quantitative estimate of drug-likeness (QED) is 0.446. The minimum atomic E-state index is -0.874. The average Bonchev–Trinajstić information content (AvgIpc) is 2.24. The molecule has 0 saturated heterocycles. The van der Waals surface area contributed by atoms with Crippen LogP contribution in [0.2, 0.25) is 11.1 Å². The number of oxime groups is 1. The molecule has 0 amide bonds. The molecule has 0 saturated carbocycles. The molecule has 87 valence electrons. The van der Waals surface area contributed by atoms with E-state index in [4.69, 9.17) is 4.53 Å². The Bertz CT molecular complexity index is 317. The van der Waals surface area contributed by atoms with Crippen LogP contribution in [0.5, 0.6) is 0 Å². The first kappa shape index (κ1) is 12.9. The lowest BCUT2D eigenvalue weighted by molar-refractivity contribution is 0.332. The lowest BCUT2D eigenvalue weighted by atomic mass is 10.4. The van der Waals surface area contributed by atoms with Crippen molar-refractivity contribution in [2.24, 2.45) is 5.16 Å². The van der Waals surface area contributed by atoms with Gasteiger partial charge in [0, 0.05) is 6.20 Å². The van der Waals surface area contributed by atoms with E-state index in [1.807, 2.05) is 18.2 Å². The maximum atomic E-state index is 5.60. The molecule has 0 bridgehead atoms. The predicted molar refractivity (Wildman–Crippen MR) is 68.9 cm³/mol. The monoisotopic (exact) mass is 235 g/mol. The van der Waals surface area contributed by atoms with Gasteiger partial charge in [-0.05, 0) is 23.2 Å². The summed E-state index contributed by atoms with van der Waals surface area (Å²) in [5, 5.41) is 4.04. The van der Waals surface area contributed by atoms with Crippen LogP contribution in [0, 0.1) is 0 Å². The first-order valence-electron chi connectivity index (χ1n) is 5.59. The van der Waals surface area contributed by atoms with Crippen LogP contribution in [-0.2, 0) is 4.53 Å². The molecule has 3 nitrogen and oxygen atoms in total. The maximum Gasteiger partial charge on any atom is 0.325 e. The molecule has 0 aliphatic rings. The van der Waals surface area contributed by atoms with E-state index in [1.165, 1.54) is 0 Å². The molecular formula is C12H19N2OSi. The summed E-state index contributed by atoms with van der Waals surface area (Å²) in [5.74, 6) is 0. The van der Waals surface area contributed by atoms with E-state index in [1.54, 1.807) is 12.4 Å². The molecule has 1 radical (unpaired) electrons. The van der Waals surface area contributed by atoms with Crippen molar-refractivity contribution >= 4 is 15.3 Å². The zero-order chi connectivity index (χ0) is 12.0. The Hall–Kier alpha value is -1.16. The van der Waals surface area contributed by atoms with Crippen molar-refractivity contribution in [2.45, 2.75) is 38.8 Å². The minimum absolute atomic E-state index is 0.561. The number of rotatable bonds is 5. The molecular weight excluding hydrogens is 216 g/mol. The summed E-state index contributed by atoms with van der Waals surface area (Å²) in [5.41, 5.74) is 1.95. The number of pyridine rings is 1. The number of hydrogen-bond acceptors (Lipinski definition) is 3. The van der Waals surface area contributed by atoms with Crippen molar-refractivity contribution in [2.75, 3.05) is 0 Å². The summed E-state index contributed by atoms with van der Waals surface area (Å²) < 4.78 is 5.60. The van der Waals surface area contributed by atoms with Gasteiger partial charge >= 0.3 is 9.04 Å². The Morgan fingerprint density at radius 2 is 1.94 bits per heavy atom. The highest BCUT2D eigenvalue weighted by Crippen LogP contribution is 2.20. The van der Waals surface area contributed by atoms with Gasteiger partial charge in [0.2, 0.25) is 0 Å². The fourth-order valence-corrected chi connectivity index (χ4v) is 3.40. The fourth-order valence-electron chi connectivity index (χ4n) is 1.47. The third-order valence-corrected chi connectivity index (χ3v) is 4.76. The third kappa shape index (κ3) is 4.14. The molecule has 1 heterocycles. The van der Waals surface area contributed by atoms with E-state index in [2.05, 4.69) is 37.8 Å². The van der Waals surface area contributed by atoms with Crippen LogP contribution >= 0.6 is 0 Å². The largest absolute Gasteiger partial charge is 0.454 e. The van der Waals surface area contributed by atoms with E-state index < -0.39 is 9.04 Å². The molecule has 0 aromatic carbocycles. The molecule has 0 unspecified atom stereocenters. The van der Waals surface area contributed by atoms with Gasteiger partial charge in [-0.2, -0.15) is 0 Å². The van der Waals surface area contributed by atoms with Gasteiger partial charge in [-0.1, -0.05) is 33.8 Å². The SMILES string of the molecule is CC(C)[Si](ON=Cc1ccccn1)C(C)C. The highest BCUT2D eigenvalue weighted by Gasteiger charge is 2.24. The van der Waals surface area contributed by atoms with Gasteiger partial charge in [0.25, 0.3) is 0 Å². The van der Waals surface area contributed by atoms with Crippen LogP contribution in [0.25, 0.3) is 0 Å². The Kier molecular flexibility index (Phi) is 5.18. The standard InChI is InChI=1S/C12H19N2OSi/c1-10(2)16(11(3)4)15-14-9-12-7-5-6-8-13-12/h5-11H,1-4H3. The summed E-state index contributed by atoms with van der Waals surface area (Å²) >= 11 is 0. The molecule has 0 aliphatic heterocycles. The number of aromatic nitrogens is 1. The molecule has 0 N–H and O–H groups in total. The lowest BCUT2D eigenvalue weighted by Crippen LogP contribution is -2.23. The van der Waals surface area contributed by atoms with Crippen LogP contribution in [-0.4, -0.2) is 20.2 Å². The van der Waals surface area contributed by atoms with Gasteiger partial charge in [-0.3, -0.25) is 4.98 Å². The summed E-state index contributed by atoms with van der Waals surface area (Å²) in [6, 6.07) is 5.73. The smallest absolute Gasteiger partial charge is 0.325 e. The molecule has 0 aliphatic carbocycles. The van der Waals surface area contributed by atoms with Crippen LogP contribution in [0.1, 0.15) is 33.4 Å². The molecule has 4 heteroatoms. The maximum absolute atomic E-state index is 5.60. The topological polar surface area (TPSA) is 34.5 Å². The van der Waals surface area contributed by atoms with Crippen molar-refractivity contribution in [1.29, 1.82) is 0 Å². The summed E-state index contributed by atoms with van der Waals surface area (Å²) in [6.07, 6.45) is 3.42.